The van der Waals surface area contributed by atoms with E-state index in [-0.39, 0.29) is 18.0 Å². The van der Waals surface area contributed by atoms with Crippen molar-refractivity contribution in [2.75, 3.05) is 26.7 Å². The van der Waals surface area contributed by atoms with Crippen molar-refractivity contribution >= 4 is 17.5 Å². The van der Waals surface area contributed by atoms with E-state index in [4.69, 9.17) is 11.6 Å². The maximum absolute atomic E-state index is 12.6. The third kappa shape index (κ3) is 6.32. The molecule has 1 aromatic heterocycles. The molecule has 2 heterocycles. The van der Waals surface area contributed by atoms with Crippen molar-refractivity contribution in [3.8, 4) is 0 Å². The first-order chi connectivity index (χ1) is 14.4. The van der Waals surface area contributed by atoms with Crippen LogP contribution >= 0.6 is 11.6 Å². The molecule has 3 unspecified atom stereocenters. The summed E-state index contributed by atoms with van der Waals surface area (Å²) < 4.78 is 0. The molecule has 0 saturated carbocycles. The zero-order valence-corrected chi connectivity index (χ0v) is 18.1. The molecule has 1 aliphatic rings. The second-order valence-corrected chi connectivity index (χ2v) is 8.12. The highest BCUT2D eigenvalue weighted by atomic mass is 35.5. The molecule has 0 saturated heterocycles. The number of benzene rings is 1. The number of likely N-dealkylation sites (N-methyl/N-ethyl adjacent to an activating group) is 1. The molecule has 7 nitrogen and oxygen atoms in total. The highest BCUT2D eigenvalue weighted by Crippen LogP contribution is 2.17. The number of carbonyl (C=O) groups is 1. The monoisotopic (exact) mass is 429 g/mol. The van der Waals surface area contributed by atoms with Gasteiger partial charge in [-0.1, -0.05) is 29.8 Å². The van der Waals surface area contributed by atoms with Gasteiger partial charge in [-0.25, -0.2) is 4.98 Å². The van der Waals surface area contributed by atoms with Crippen molar-refractivity contribution in [3.05, 3.63) is 64.4 Å². The summed E-state index contributed by atoms with van der Waals surface area (Å²) >= 11 is 5.76. The smallest absolute Gasteiger partial charge is 0.253 e. The van der Waals surface area contributed by atoms with Crippen LogP contribution < -0.4 is 5.32 Å². The molecule has 3 atom stereocenters. The van der Waals surface area contributed by atoms with Gasteiger partial charge in [-0.3, -0.25) is 4.79 Å². The van der Waals surface area contributed by atoms with Crippen LogP contribution in [-0.4, -0.2) is 59.7 Å². The van der Waals surface area contributed by atoms with Gasteiger partial charge in [0, 0.05) is 37.5 Å². The van der Waals surface area contributed by atoms with Gasteiger partial charge in [0.1, 0.15) is 5.15 Å². The molecule has 0 radical (unpaired) electrons. The van der Waals surface area contributed by atoms with Crippen molar-refractivity contribution < 1.29 is 9.90 Å². The highest BCUT2D eigenvalue weighted by Gasteiger charge is 2.22. The topological polar surface area (TPSA) is 90.2 Å². The van der Waals surface area contributed by atoms with Crippen LogP contribution in [-0.2, 0) is 6.42 Å². The van der Waals surface area contributed by atoms with Gasteiger partial charge in [-0.05, 0) is 50.1 Å². The second-order valence-electron chi connectivity index (χ2n) is 7.74. The van der Waals surface area contributed by atoms with Crippen LogP contribution in [0.5, 0.6) is 0 Å². The number of nitrogens with one attached hydrogen (secondary N) is 1. The van der Waals surface area contributed by atoms with Crippen LogP contribution in [0, 0.1) is 0 Å². The van der Waals surface area contributed by atoms with Crippen molar-refractivity contribution in [3.63, 3.8) is 0 Å². The SMILES string of the molecule is CC1CC(CN(C)C(=O)c2ccc(CCNCC(O)c3ccc(Cl)nc3)cc2)N=N1. The Kier molecular flexibility index (Phi) is 7.90. The first-order valence-electron chi connectivity index (χ1n) is 10.2. The summed E-state index contributed by atoms with van der Waals surface area (Å²) in [6, 6.07) is 11.4. The Morgan fingerprint density at radius 1 is 1.27 bits per heavy atom. The highest BCUT2D eigenvalue weighted by molar-refractivity contribution is 6.29. The largest absolute Gasteiger partial charge is 0.387 e. The molecule has 1 aliphatic heterocycles. The van der Waals surface area contributed by atoms with E-state index in [1.165, 1.54) is 0 Å². The van der Waals surface area contributed by atoms with Crippen molar-refractivity contribution in [2.24, 2.45) is 10.2 Å². The number of aromatic nitrogens is 1. The number of halogens is 1. The molecular weight excluding hydrogens is 402 g/mol. The first-order valence-corrected chi connectivity index (χ1v) is 10.5. The standard InChI is InChI=1S/C22H28ClN5O2/c1-15-11-19(27-26-15)14-28(2)22(30)17-5-3-16(4-6-17)9-10-24-13-20(29)18-7-8-21(23)25-12-18/h3-8,12,15,19-20,24,29H,9-11,13-14H2,1-2H3. The molecule has 2 N–H and O–H groups in total. The van der Waals surface area contributed by atoms with Crippen LogP contribution in [0.25, 0.3) is 0 Å². The predicted molar refractivity (Wildman–Crippen MR) is 117 cm³/mol. The third-order valence-corrected chi connectivity index (χ3v) is 5.36. The van der Waals surface area contributed by atoms with Crippen molar-refractivity contribution in [1.82, 2.24) is 15.2 Å². The normalized spacial score (nSPS) is 19.1. The average molecular weight is 430 g/mol. The number of carbonyl (C=O) groups excluding carboxylic acids is 1. The molecular formula is C22H28ClN5O2. The van der Waals surface area contributed by atoms with E-state index in [0.29, 0.717) is 23.8 Å². The predicted octanol–water partition coefficient (Wildman–Crippen LogP) is 3.29. The Labute approximate surface area is 182 Å². The van der Waals surface area contributed by atoms with Gasteiger partial charge in [0.15, 0.2) is 0 Å². The molecule has 0 bridgehead atoms. The van der Waals surface area contributed by atoms with E-state index in [2.05, 4.69) is 20.5 Å². The molecule has 1 amide bonds. The number of hydrogen-bond acceptors (Lipinski definition) is 6. The van der Waals surface area contributed by atoms with Crippen molar-refractivity contribution in [1.29, 1.82) is 0 Å². The van der Waals surface area contributed by atoms with Gasteiger partial charge < -0.3 is 15.3 Å². The molecule has 3 rings (SSSR count). The summed E-state index contributed by atoms with van der Waals surface area (Å²) in [5.74, 6) is -0.00544. The van der Waals surface area contributed by atoms with Crippen LogP contribution in [0.2, 0.25) is 5.15 Å². The second kappa shape index (κ2) is 10.6. The fraction of sp³-hybridized carbons (Fsp3) is 0.455. The van der Waals surface area contributed by atoms with E-state index in [9.17, 15) is 9.90 Å². The molecule has 160 valence electrons. The Bertz CT molecular complexity index is 857. The van der Waals surface area contributed by atoms with Crippen LogP contribution in [0.3, 0.4) is 0 Å². The summed E-state index contributed by atoms with van der Waals surface area (Å²) in [5.41, 5.74) is 2.53. The fourth-order valence-electron chi connectivity index (χ4n) is 3.41. The molecule has 1 aromatic carbocycles. The fourth-order valence-corrected chi connectivity index (χ4v) is 3.53. The van der Waals surface area contributed by atoms with E-state index in [0.717, 1.165) is 30.5 Å². The molecule has 8 heteroatoms. The summed E-state index contributed by atoms with van der Waals surface area (Å²) in [7, 11) is 1.81. The van der Waals surface area contributed by atoms with Gasteiger partial charge in [-0.15, -0.1) is 0 Å². The summed E-state index contributed by atoms with van der Waals surface area (Å²) in [6.07, 6.45) is 2.65. The van der Waals surface area contributed by atoms with Crippen LogP contribution in [0.15, 0.2) is 52.8 Å². The number of aliphatic hydroxyl groups is 1. The lowest BCUT2D eigenvalue weighted by Crippen LogP contribution is -2.33. The number of aliphatic hydroxyl groups excluding tert-OH is 1. The minimum Gasteiger partial charge on any atom is -0.387 e. The lowest BCUT2D eigenvalue weighted by molar-refractivity contribution is 0.0787. The van der Waals surface area contributed by atoms with Gasteiger partial charge in [0.25, 0.3) is 5.91 Å². The van der Waals surface area contributed by atoms with Gasteiger partial charge >= 0.3 is 0 Å². The van der Waals surface area contributed by atoms with E-state index in [1.54, 1.807) is 30.3 Å². The molecule has 30 heavy (non-hydrogen) atoms. The minimum atomic E-state index is -0.632. The quantitative estimate of drug-likeness (QED) is 0.472. The summed E-state index contributed by atoms with van der Waals surface area (Å²) in [6.45, 7) is 3.77. The number of pyridine rings is 1. The summed E-state index contributed by atoms with van der Waals surface area (Å²) in [4.78, 5) is 18.3. The van der Waals surface area contributed by atoms with Crippen molar-refractivity contribution in [2.45, 2.75) is 38.0 Å². The maximum Gasteiger partial charge on any atom is 0.253 e. The van der Waals surface area contributed by atoms with Gasteiger partial charge in [0.2, 0.25) is 0 Å². The lowest BCUT2D eigenvalue weighted by Gasteiger charge is -2.19. The number of amides is 1. The number of rotatable bonds is 9. The minimum absolute atomic E-state index is 0.00544. The van der Waals surface area contributed by atoms with E-state index in [1.807, 2.05) is 31.2 Å². The maximum atomic E-state index is 12.6. The first kappa shape index (κ1) is 22.3. The molecule has 0 fully saturated rings. The number of hydrogen-bond donors (Lipinski definition) is 2. The third-order valence-electron chi connectivity index (χ3n) is 5.14. The molecule has 0 spiro atoms. The number of nitrogens with zero attached hydrogens (tertiary/aromatic N) is 4. The molecule has 2 aromatic rings. The van der Waals surface area contributed by atoms with Crippen LogP contribution in [0.4, 0.5) is 0 Å². The van der Waals surface area contributed by atoms with E-state index >= 15 is 0 Å². The van der Waals surface area contributed by atoms with Gasteiger partial charge in [-0.2, -0.15) is 10.2 Å². The molecule has 0 aliphatic carbocycles. The Balaban J connectivity index is 1.41. The average Bonchev–Trinajstić information content (AvgIpc) is 3.16. The van der Waals surface area contributed by atoms with Crippen LogP contribution in [0.1, 0.15) is 40.9 Å². The lowest BCUT2D eigenvalue weighted by atomic mass is 10.1. The zero-order valence-electron chi connectivity index (χ0n) is 17.3. The van der Waals surface area contributed by atoms with E-state index < -0.39 is 6.10 Å². The summed E-state index contributed by atoms with van der Waals surface area (Å²) in [5, 5.41) is 22.2. The Morgan fingerprint density at radius 3 is 2.67 bits per heavy atom. The van der Waals surface area contributed by atoms with Gasteiger partial charge in [0.05, 0.1) is 18.2 Å². The Hall–Kier alpha value is -2.35. The Morgan fingerprint density at radius 2 is 2.03 bits per heavy atom. The number of azo groups is 1. The zero-order chi connectivity index (χ0) is 21.5.